The van der Waals surface area contributed by atoms with Gasteiger partial charge in [0.2, 0.25) is 0 Å². The topological polar surface area (TPSA) is 43.8 Å². The van der Waals surface area contributed by atoms with Crippen LogP contribution in [0.5, 0.6) is 0 Å². The molecule has 1 aromatic heterocycles. The quantitative estimate of drug-likeness (QED) is 0.802. The van der Waals surface area contributed by atoms with E-state index in [0.717, 1.165) is 6.54 Å². The number of aryl methyl sites for hydroxylation is 1. The summed E-state index contributed by atoms with van der Waals surface area (Å²) in [6, 6.07) is 2.24. The van der Waals surface area contributed by atoms with Gasteiger partial charge >= 0.3 is 0 Å². The Hall–Kier alpha value is -0.830. The summed E-state index contributed by atoms with van der Waals surface area (Å²) in [6.07, 6.45) is 2.43. The van der Waals surface area contributed by atoms with Crippen LogP contribution in [0.1, 0.15) is 45.0 Å². The van der Waals surface area contributed by atoms with Crippen molar-refractivity contribution >= 4 is 0 Å². The first-order valence-electron chi connectivity index (χ1n) is 5.64. The first-order chi connectivity index (χ1) is 6.89. The van der Waals surface area contributed by atoms with Crippen molar-refractivity contribution in [2.75, 3.05) is 6.54 Å². The average Bonchev–Trinajstić information content (AvgIpc) is 2.82. The molecule has 1 saturated carbocycles. The van der Waals surface area contributed by atoms with Gasteiger partial charge in [0.1, 0.15) is 0 Å². The fourth-order valence-electron chi connectivity index (χ4n) is 2.05. The molecule has 0 aliphatic heterocycles. The predicted octanol–water partition coefficient (Wildman–Crippen LogP) is 1.71. The van der Waals surface area contributed by atoms with E-state index in [-0.39, 0.29) is 10.8 Å². The van der Waals surface area contributed by atoms with E-state index in [2.05, 4.69) is 31.9 Å². The van der Waals surface area contributed by atoms with Crippen LogP contribution in [-0.4, -0.2) is 16.3 Å². The highest BCUT2D eigenvalue weighted by Crippen LogP contribution is 2.47. The second-order valence-corrected chi connectivity index (χ2v) is 5.77. The van der Waals surface area contributed by atoms with Gasteiger partial charge in [-0.15, -0.1) is 0 Å². The van der Waals surface area contributed by atoms with E-state index < -0.39 is 0 Å². The molecule has 3 heteroatoms. The van der Waals surface area contributed by atoms with Gasteiger partial charge in [0.15, 0.2) is 0 Å². The largest absolute Gasteiger partial charge is 0.330 e. The Morgan fingerprint density at radius 3 is 2.40 bits per heavy atom. The lowest BCUT2D eigenvalue weighted by molar-refractivity contribution is 0.545. The first-order valence-corrected chi connectivity index (χ1v) is 5.64. The van der Waals surface area contributed by atoms with Crippen molar-refractivity contribution in [2.45, 2.75) is 44.4 Å². The van der Waals surface area contributed by atoms with Crippen LogP contribution in [0.2, 0.25) is 0 Å². The molecular formula is C12H21N3. The van der Waals surface area contributed by atoms with E-state index in [9.17, 15) is 0 Å². The van der Waals surface area contributed by atoms with Gasteiger partial charge in [-0.2, -0.15) is 5.10 Å². The van der Waals surface area contributed by atoms with E-state index in [1.54, 1.807) is 0 Å². The predicted molar refractivity (Wildman–Crippen MR) is 61.9 cm³/mol. The zero-order chi connectivity index (χ0) is 11.3. The molecule has 0 aromatic carbocycles. The Kier molecular flexibility index (Phi) is 2.19. The summed E-state index contributed by atoms with van der Waals surface area (Å²) < 4.78 is 2.01. The molecule has 3 nitrogen and oxygen atoms in total. The van der Waals surface area contributed by atoms with Gasteiger partial charge in [0.05, 0.1) is 5.69 Å². The molecule has 1 fully saturated rings. The van der Waals surface area contributed by atoms with Crippen LogP contribution in [0.15, 0.2) is 6.07 Å². The number of nitrogens with zero attached hydrogens (tertiary/aromatic N) is 2. The van der Waals surface area contributed by atoms with Crippen LogP contribution >= 0.6 is 0 Å². The summed E-state index contributed by atoms with van der Waals surface area (Å²) in [4.78, 5) is 0. The minimum absolute atomic E-state index is 0.126. The molecule has 15 heavy (non-hydrogen) atoms. The molecule has 0 spiro atoms. The normalized spacial score (nSPS) is 19.3. The Morgan fingerprint density at radius 2 is 2.07 bits per heavy atom. The molecule has 1 aliphatic carbocycles. The minimum atomic E-state index is 0.126. The van der Waals surface area contributed by atoms with Crippen LogP contribution in [0.4, 0.5) is 0 Å². The third kappa shape index (κ3) is 1.69. The number of nitrogens with two attached hydrogens (primary N) is 1. The number of hydrogen-bond acceptors (Lipinski definition) is 2. The Labute approximate surface area is 91.7 Å². The lowest BCUT2D eigenvalue weighted by atomic mass is 9.91. The standard InChI is InChI=1S/C12H21N3/c1-11(2,3)9-7-10(15(4)14-9)12(8-13)5-6-12/h7H,5-6,8,13H2,1-4H3. The van der Waals surface area contributed by atoms with Crippen molar-refractivity contribution in [3.05, 3.63) is 17.5 Å². The second kappa shape index (κ2) is 3.08. The molecule has 2 rings (SSSR count). The Morgan fingerprint density at radius 1 is 1.47 bits per heavy atom. The molecule has 1 heterocycles. The van der Waals surface area contributed by atoms with Crippen LogP contribution < -0.4 is 5.73 Å². The second-order valence-electron chi connectivity index (χ2n) is 5.77. The molecule has 0 unspecified atom stereocenters. The zero-order valence-corrected chi connectivity index (χ0v) is 10.2. The van der Waals surface area contributed by atoms with Crippen molar-refractivity contribution in [3.63, 3.8) is 0 Å². The zero-order valence-electron chi connectivity index (χ0n) is 10.2. The maximum Gasteiger partial charge on any atom is 0.0680 e. The summed E-state index contributed by atoms with van der Waals surface area (Å²) in [5.41, 5.74) is 8.70. The lowest BCUT2D eigenvalue weighted by Crippen LogP contribution is -2.22. The molecular weight excluding hydrogens is 186 g/mol. The Balaban J connectivity index is 2.39. The molecule has 0 radical (unpaired) electrons. The van der Waals surface area contributed by atoms with E-state index in [1.165, 1.54) is 24.2 Å². The Bertz CT molecular complexity index is 367. The van der Waals surface area contributed by atoms with Crippen LogP contribution in [-0.2, 0) is 17.9 Å². The van der Waals surface area contributed by atoms with Gasteiger partial charge in [0.25, 0.3) is 0 Å². The van der Waals surface area contributed by atoms with Crippen LogP contribution in [0, 0.1) is 0 Å². The highest BCUT2D eigenvalue weighted by atomic mass is 15.3. The molecule has 2 N–H and O–H groups in total. The van der Waals surface area contributed by atoms with Gasteiger partial charge in [-0.25, -0.2) is 0 Å². The smallest absolute Gasteiger partial charge is 0.0680 e. The summed E-state index contributed by atoms with van der Waals surface area (Å²) in [5.74, 6) is 0. The minimum Gasteiger partial charge on any atom is -0.330 e. The molecule has 1 aromatic rings. The lowest BCUT2D eigenvalue weighted by Gasteiger charge is -2.14. The summed E-state index contributed by atoms with van der Waals surface area (Å²) in [6.45, 7) is 7.33. The first kappa shape index (κ1) is 10.7. The van der Waals surface area contributed by atoms with E-state index in [0.29, 0.717) is 0 Å². The molecule has 1 aliphatic rings. The fraction of sp³-hybridized carbons (Fsp3) is 0.750. The van der Waals surface area contributed by atoms with Crippen molar-refractivity contribution in [3.8, 4) is 0 Å². The number of aromatic nitrogens is 2. The SMILES string of the molecule is Cn1nc(C(C)(C)C)cc1C1(CN)CC1. The van der Waals surface area contributed by atoms with Gasteiger partial charge in [-0.3, -0.25) is 4.68 Å². The van der Waals surface area contributed by atoms with Gasteiger partial charge in [-0.1, -0.05) is 20.8 Å². The maximum absolute atomic E-state index is 5.85. The van der Waals surface area contributed by atoms with E-state index in [4.69, 9.17) is 5.73 Å². The third-order valence-corrected chi connectivity index (χ3v) is 3.44. The summed E-state index contributed by atoms with van der Waals surface area (Å²) in [7, 11) is 2.03. The number of rotatable bonds is 2. The maximum atomic E-state index is 5.85. The van der Waals surface area contributed by atoms with E-state index in [1.807, 2.05) is 11.7 Å². The van der Waals surface area contributed by atoms with Crippen molar-refractivity contribution in [2.24, 2.45) is 12.8 Å². The van der Waals surface area contributed by atoms with Crippen LogP contribution in [0.3, 0.4) is 0 Å². The van der Waals surface area contributed by atoms with Gasteiger partial charge in [-0.05, 0) is 18.9 Å². The molecule has 0 atom stereocenters. The third-order valence-electron chi connectivity index (χ3n) is 3.44. The van der Waals surface area contributed by atoms with Gasteiger partial charge < -0.3 is 5.73 Å². The average molecular weight is 207 g/mol. The van der Waals surface area contributed by atoms with Crippen molar-refractivity contribution in [1.29, 1.82) is 0 Å². The molecule has 0 saturated heterocycles. The van der Waals surface area contributed by atoms with Crippen molar-refractivity contribution < 1.29 is 0 Å². The number of hydrogen-bond donors (Lipinski definition) is 1. The highest BCUT2D eigenvalue weighted by molar-refractivity contribution is 5.30. The monoisotopic (exact) mass is 207 g/mol. The molecule has 0 bridgehead atoms. The van der Waals surface area contributed by atoms with Crippen molar-refractivity contribution in [1.82, 2.24) is 9.78 Å². The van der Waals surface area contributed by atoms with E-state index >= 15 is 0 Å². The molecule has 84 valence electrons. The van der Waals surface area contributed by atoms with Gasteiger partial charge in [0, 0.05) is 30.1 Å². The summed E-state index contributed by atoms with van der Waals surface area (Å²) in [5, 5.41) is 4.60. The molecule has 0 amide bonds. The van der Waals surface area contributed by atoms with Crippen LogP contribution in [0.25, 0.3) is 0 Å². The fourth-order valence-corrected chi connectivity index (χ4v) is 2.05. The highest BCUT2D eigenvalue weighted by Gasteiger charge is 2.45. The summed E-state index contributed by atoms with van der Waals surface area (Å²) >= 11 is 0.